The quantitative estimate of drug-likeness (QED) is 0.661. The molecule has 0 bridgehead atoms. The van der Waals surface area contributed by atoms with E-state index >= 15 is 0 Å². The summed E-state index contributed by atoms with van der Waals surface area (Å²) in [6, 6.07) is 5.86. The van der Waals surface area contributed by atoms with Crippen LogP contribution in [0.1, 0.15) is 30.1 Å². The minimum Gasteiger partial charge on any atom is -0.308 e. The van der Waals surface area contributed by atoms with Crippen LogP contribution in [-0.4, -0.2) is 60.0 Å². The summed E-state index contributed by atoms with van der Waals surface area (Å²) in [5, 5.41) is 6.44. The Labute approximate surface area is 158 Å². The first-order valence-electron chi connectivity index (χ1n) is 8.33. The standard InChI is InChI=1S/C16H20N4O5S2/c1-12(21)13-4-3-5-15(10-13)27(24,25)20-8-6-14(7-9-20)26(22,23)16-18-17-11-19(16)2/h3-5,10-11,14H,6-9H2,1-2H3. The van der Waals surface area contributed by atoms with Crippen LogP contribution in [0.4, 0.5) is 0 Å². The molecule has 0 amide bonds. The highest BCUT2D eigenvalue weighted by Gasteiger charge is 2.37. The molecule has 2 aromatic rings. The molecule has 2 heterocycles. The van der Waals surface area contributed by atoms with E-state index in [2.05, 4.69) is 10.2 Å². The van der Waals surface area contributed by atoms with Crippen molar-refractivity contribution in [3.63, 3.8) is 0 Å². The molecular formula is C16H20N4O5S2. The van der Waals surface area contributed by atoms with E-state index in [4.69, 9.17) is 0 Å². The third kappa shape index (κ3) is 3.66. The van der Waals surface area contributed by atoms with Crippen molar-refractivity contribution in [2.75, 3.05) is 13.1 Å². The van der Waals surface area contributed by atoms with Crippen LogP contribution in [0.3, 0.4) is 0 Å². The van der Waals surface area contributed by atoms with Crippen LogP contribution < -0.4 is 0 Å². The smallest absolute Gasteiger partial charge is 0.249 e. The molecule has 27 heavy (non-hydrogen) atoms. The number of nitrogens with zero attached hydrogens (tertiary/aromatic N) is 4. The molecule has 1 aliphatic rings. The summed E-state index contributed by atoms with van der Waals surface area (Å²) < 4.78 is 53.7. The molecule has 0 radical (unpaired) electrons. The number of ketones is 1. The zero-order valence-electron chi connectivity index (χ0n) is 14.9. The Morgan fingerprint density at radius 2 is 1.81 bits per heavy atom. The van der Waals surface area contributed by atoms with Gasteiger partial charge in [-0.15, -0.1) is 10.2 Å². The van der Waals surface area contributed by atoms with Gasteiger partial charge in [0, 0.05) is 25.7 Å². The molecule has 1 fully saturated rings. The lowest BCUT2D eigenvalue weighted by Gasteiger charge is -2.30. The molecule has 146 valence electrons. The molecule has 0 spiro atoms. The predicted molar refractivity (Wildman–Crippen MR) is 96.4 cm³/mol. The minimum absolute atomic E-state index is 0.0322. The Kier molecular flexibility index (Phi) is 5.19. The second-order valence-corrected chi connectivity index (χ2v) is 10.5. The Hall–Kier alpha value is -2.11. The maximum absolute atomic E-state index is 12.8. The number of carbonyl (C=O) groups is 1. The van der Waals surface area contributed by atoms with E-state index in [9.17, 15) is 21.6 Å². The van der Waals surface area contributed by atoms with Crippen molar-refractivity contribution in [2.45, 2.75) is 35.1 Å². The molecule has 0 aliphatic carbocycles. The molecule has 0 unspecified atom stereocenters. The first kappa shape index (κ1) is 19.6. The van der Waals surface area contributed by atoms with Crippen molar-refractivity contribution in [1.82, 2.24) is 19.1 Å². The monoisotopic (exact) mass is 412 g/mol. The molecule has 1 aliphatic heterocycles. The number of carbonyl (C=O) groups excluding carboxylic acids is 1. The molecule has 1 aromatic heterocycles. The van der Waals surface area contributed by atoms with E-state index in [-0.39, 0.29) is 41.8 Å². The SMILES string of the molecule is CC(=O)c1cccc(S(=O)(=O)N2CCC(S(=O)(=O)c3nncn3C)CC2)c1. The van der Waals surface area contributed by atoms with Gasteiger partial charge in [-0.3, -0.25) is 4.79 Å². The van der Waals surface area contributed by atoms with Crippen LogP contribution in [0.5, 0.6) is 0 Å². The number of aryl methyl sites for hydroxylation is 1. The van der Waals surface area contributed by atoms with E-state index in [1.165, 1.54) is 40.3 Å². The van der Waals surface area contributed by atoms with Gasteiger partial charge in [0.25, 0.3) is 0 Å². The number of hydrogen-bond donors (Lipinski definition) is 0. The van der Waals surface area contributed by atoms with Gasteiger partial charge in [0.15, 0.2) is 5.78 Å². The Balaban J connectivity index is 1.78. The van der Waals surface area contributed by atoms with Gasteiger partial charge in [-0.25, -0.2) is 16.8 Å². The number of sulfonamides is 1. The van der Waals surface area contributed by atoms with Gasteiger partial charge in [-0.05, 0) is 31.9 Å². The predicted octanol–water partition coefficient (Wildman–Crippen LogP) is 0.645. The van der Waals surface area contributed by atoms with E-state index in [1.54, 1.807) is 13.1 Å². The molecule has 1 saturated heterocycles. The maximum Gasteiger partial charge on any atom is 0.249 e. The van der Waals surface area contributed by atoms with Gasteiger partial charge in [-0.2, -0.15) is 4.31 Å². The molecule has 3 rings (SSSR count). The van der Waals surface area contributed by atoms with Crippen LogP contribution in [0.15, 0.2) is 40.6 Å². The second kappa shape index (κ2) is 7.13. The second-order valence-electron chi connectivity index (χ2n) is 6.46. The Bertz CT molecular complexity index is 1070. The summed E-state index contributed by atoms with van der Waals surface area (Å²) in [6.07, 6.45) is 1.65. The summed E-state index contributed by atoms with van der Waals surface area (Å²) >= 11 is 0. The molecule has 1 aromatic carbocycles. The Morgan fingerprint density at radius 1 is 1.15 bits per heavy atom. The zero-order valence-corrected chi connectivity index (χ0v) is 16.6. The first-order valence-corrected chi connectivity index (χ1v) is 11.3. The van der Waals surface area contributed by atoms with Crippen molar-refractivity contribution < 1.29 is 21.6 Å². The zero-order chi connectivity index (χ0) is 19.8. The molecule has 9 nitrogen and oxygen atoms in total. The summed E-state index contributed by atoms with van der Waals surface area (Å²) in [5.74, 6) is -0.222. The summed E-state index contributed by atoms with van der Waals surface area (Å²) in [6.45, 7) is 1.53. The van der Waals surface area contributed by atoms with Crippen LogP contribution >= 0.6 is 0 Å². The average molecular weight is 412 g/mol. The normalized spacial score (nSPS) is 17.1. The average Bonchev–Trinajstić information content (AvgIpc) is 3.08. The first-order chi connectivity index (χ1) is 12.6. The molecule has 0 saturated carbocycles. The van der Waals surface area contributed by atoms with Gasteiger partial charge >= 0.3 is 0 Å². The molecular weight excluding hydrogens is 392 g/mol. The fraction of sp³-hybridized carbons (Fsp3) is 0.438. The third-order valence-electron chi connectivity index (χ3n) is 4.64. The van der Waals surface area contributed by atoms with E-state index in [1.807, 2.05) is 0 Å². The van der Waals surface area contributed by atoms with Crippen molar-refractivity contribution in [3.8, 4) is 0 Å². The van der Waals surface area contributed by atoms with Crippen LogP contribution in [0, 0.1) is 0 Å². The fourth-order valence-corrected chi connectivity index (χ4v) is 6.34. The van der Waals surface area contributed by atoms with Crippen LogP contribution in [-0.2, 0) is 26.9 Å². The fourth-order valence-electron chi connectivity index (χ4n) is 3.09. The number of Topliss-reactive ketones (excluding diaryl/α,β-unsaturated/α-hetero) is 1. The number of rotatable bonds is 5. The molecule has 0 N–H and O–H groups in total. The number of sulfone groups is 1. The summed E-state index contributed by atoms with van der Waals surface area (Å²) in [7, 11) is -5.92. The summed E-state index contributed by atoms with van der Waals surface area (Å²) in [5.41, 5.74) is 0.316. The van der Waals surface area contributed by atoms with Crippen molar-refractivity contribution in [3.05, 3.63) is 36.2 Å². The van der Waals surface area contributed by atoms with Crippen molar-refractivity contribution >= 4 is 25.6 Å². The van der Waals surface area contributed by atoms with Crippen LogP contribution in [0.25, 0.3) is 0 Å². The topological polar surface area (TPSA) is 119 Å². The van der Waals surface area contributed by atoms with Gasteiger partial charge < -0.3 is 4.57 Å². The number of piperidine rings is 1. The van der Waals surface area contributed by atoms with Crippen molar-refractivity contribution in [1.29, 1.82) is 0 Å². The number of benzene rings is 1. The van der Waals surface area contributed by atoms with Gasteiger partial charge in [-0.1, -0.05) is 12.1 Å². The third-order valence-corrected chi connectivity index (χ3v) is 8.76. The van der Waals surface area contributed by atoms with E-state index in [0.717, 1.165) is 0 Å². The number of hydrogen-bond acceptors (Lipinski definition) is 7. The highest BCUT2D eigenvalue weighted by Crippen LogP contribution is 2.27. The molecule has 0 atom stereocenters. The van der Waals surface area contributed by atoms with E-state index in [0.29, 0.717) is 5.56 Å². The van der Waals surface area contributed by atoms with E-state index < -0.39 is 25.1 Å². The van der Waals surface area contributed by atoms with Crippen molar-refractivity contribution in [2.24, 2.45) is 7.05 Å². The molecule has 11 heteroatoms. The highest BCUT2D eigenvalue weighted by atomic mass is 32.2. The number of aromatic nitrogens is 3. The largest absolute Gasteiger partial charge is 0.308 e. The lowest BCUT2D eigenvalue weighted by Crippen LogP contribution is -2.42. The Morgan fingerprint density at radius 3 is 2.37 bits per heavy atom. The maximum atomic E-state index is 12.8. The lowest BCUT2D eigenvalue weighted by atomic mass is 10.2. The van der Waals surface area contributed by atoms with Gasteiger partial charge in [0.2, 0.25) is 25.0 Å². The van der Waals surface area contributed by atoms with Crippen LogP contribution in [0.2, 0.25) is 0 Å². The lowest BCUT2D eigenvalue weighted by molar-refractivity contribution is 0.101. The highest BCUT2D eigenvalue weighted by molar-refractivity contribution is 7.92. The van der Waals surface area contributed by atoms with Gasteiger partial charge in [0.05, 0.1) is 10.1 Å². The van der Waals surface area contributed by atoms with Gasteiger partial charge in [0.1, 0.15) is 6.33 Å². The minimum atomic E-state index is -3.80. The summed E-state index contributed by atoms with van der Waals surface area (Å²) in [4.78, 5) is 11.5.